The van der Waals surface area contributed by atoms with Crippen molar-refractivity contribution in [2.45, 2.75) is 65.3 Å². The normalized spacial score (nSPS) is 29.9. The summed E-state index contributed by atoms with van der Waals surface area (Å²) >= 11 is 1.68. The number of aromatic amines is 1. The van der Waals surface area contributed by atoms with Crippen LogP contribution in [0.3, 0.4) is 0 Å². The molecule has 0 aliphatic heterocycles. The molecule has 5 heteroatoms. The summed E-state index contributed by atoms with van der Waals surface area (Å²) in [5.74, 6) is 2.48. The Labute approximate surface area is 187 Å². The molecule has 4 aliphatic rings. The van der Waals surface area contributed by atoms with Crippen LogP contribution in [0.25, 0.3) is 10.9 Å². The standard InChI is InChI=1S/C26H31N3OS/c1-16-17(2)31-25(29(16)8-7-21-15-27-23-6-4-3-5-22(21)23)28-24(30)26-12-18-9-19(13-26)11-20(10-18)14-26/h3-6,15,18-20,27H,7-14H2,1-2H3. The second-order valence-electron chi connectivity index (χ2n) is 10.4. The van der Waals surface area contributed by atoms with Gasteiger partial charge < -0.3 is 9.55 Å². The molecule has 4 fully saturated rings. The molecule has 3 aromatic rings. The van der Waals surface area contributed by atoms with E-state index in [1.165, 1.54) is 46.3 Å². The van der Waals surface area contributed by atoms with Gasteiger partial charge in [-0.3, -0.25) is 4.79 Å². The lowest BCUT2D eigenvalue weighted by Gasteiger charge is -2.55. The smallest absolute Gasteiger partial charge is 0.254 e. The lowest BCUT2D eigenvalue weighted by atomic mass is 9.49. The van der Waals surface area contributed by atoms with E-state index < -0.39 is 0 Å². The number of hydrogen-bond acceptors (Lipinski definition) is 2. The van der Waals surface area contributed by atoms with Crippen molar-refractivity contribution < 1.29 is 4.79 Å². The van der Waals surface area contributed by atoms with Crippen molar-refractivity contribution >= 4 is 28.1 Å². The number of nitrogens with one attached hydrogen (secondary N) is 1. The molecule has 0 unspecified atom stereocenters. The quantitative estimate of drug-likeness (QED) is 0.577. The van der Waals surface area contributed by atoms with Gasteiger partial charge in [-0.2, -0.15) is 4.99 Å². The van der Waals surface area contributed by atoms with Crippen LogP contribution in [0.4, 0.5) is 0 Å². The van der Waals surface area contributed by atoms with Gasteiger partial charge in [0.2, 0.25) is 0 Å². The number of aromatic nitrogens is 2. The predicted molar refractivity (Wildman–Crippen MR) is 125 cm³/mol. The average Bonchev–Trinajstić information content (AvgIpc) is 3.26. The Balaban J connectivity index is 1.30. The first kappa shape index (κ1) is 19.5. The molecule has 1 amide bonds. The topological polar surface area (TPSA) is 50.1 Å². The van der Waals surface area contributed by atoms with Gasteiger partial charge in [0.1, 0.15) is 0 Å². The first-order valence-corrected chi connectivity index (χ1v) is 12.6. The largest absolute Gasteiger partial charge is 0.361 e. The zero-order chi connectivity index (χ0) is 21.2. The molecule has 4 saturated carbocycles. The molecular weight excluding hydrogens is 402 g/mol. The van der Waals surface area contributed by atoms with Crippen LogP contribution in [0.15, 0.2) is 35.5 Å². The highest BCUT2D eigenvalue weighted by atomic mass is 32.1. The van der Waals surface area contributed by atoms with Crippen molar-refractivity contribution in [1.29, 1.82) is 0 Å². The first-order valence-electron chi connectivity index (χ1n) is 11.8. The summed E-state index contributed by atoms with van der Waals surface area (Å²) in [6, 6.07) is 8.46. The molecular formula is C26H31N3OS. The van der Waals surface area contributed by atoms with E-state index >= 15 is 0 Å². The molecule has 0 atom stereocenters. The minimum Gasteiger partial charge on any atom is -0.361 e. The number of fused-ring (bicyclic) bond motifs is 1. The molecule has 162 valence electrons. The summed E-state index contributed by atoms with van der Waals surface area (Å²) in [7, 11) is 0. The molecule has 31 heavy (non-hydrogen) atoms. The highest BCUT2D eigenvalue weighted by molar-refractivity contribution is 7.09. The summed E-state index contributed by atoms with van der Waals surface area (Å²) in [5.41, 5.74) is 3.59. The Kier molecular flexibility index (Phi) is 4.53. The van der Waals surface area contributed by atoms with Gasteiger partial charge in [0, 0.05) is 34.2 Å². The van der Waals surface area contributed by atoms with Crippen LogP contribution < -0.4 is 4.80 Å². The lowest BCUT2D eigenvalue weighted by Crippen LogP contribution is -2.50. The zero-order valence-corrected chi connectivity index (χ0v) is 19.3. The van der Waals surface area contributed by atoms with E-state index in [0.29, 0.717) is 0 Å². The number of rotatable bonds is 4. The van der Waals surface area contributed by atoms with E-state index in [0.717, 1.165) is 54.8 Å². The van der Waals surface area contributed by atoms with Gasteiger partial charge in [-0.1, -0.05) is 18.2 Å². The monoisotopic (exact) mass is 433 g/mol. The minimum atomic E-state index is -0.158. The van der Waals surface area contributed by atoms with Crippen molar-refractivity contribution in [2.24, 2.45) is 28.2 Å². The molecule has 4 aliphatic carbocycles. The fraction of sp³-hybridized carbons (Fsp3) is 0.538. The highest BCUT2D eigenvalue weighted by Gasteiger charge is 2.54. The van der Waals surface area contributed by atoms with Gasteiger partial charge in [0.15, 0.2) is 4.80 Å². The van der Waals surface area contributed by atoms with E-state index in [4.69, 9.17) is 4.99 Å². The number of para-hydroxylation sites is 1. The van der Waals surface area contributed by atoms with Crippen molar-refractivity contribution in [2.75, 3.05) is 0 Å². The van der Waals surface area contributed by atoms with Crippen LogP contribution in [-0.2, 0) is 17.8 Å². The van der Waals surface area contributed by atoms with Crippen molar-refractivity contribution in [1.82, 2.24) is 9.55 Å². The number of amides is 1. The number of thiazole rings is 1. The van der Waals surface area contributed by atoms with Crippen molar-refractivity contribution in [3.63, 3.8) is 0 Å². The number of benzene rings is 1. The lowest BCUT2D eigenvalue weighted by molar-refractivity contribution is -0.142. The van der Waals surface area contributed by atoms with E-state index in [-0.39, 0.29) is 11.3 Å². The van der Waals surface area contributed by atoms with E-state index in [9.17, 15) is 4.79 Å². The van der Waals surface area contributed by atoms with Crippen molar-refractivity contribution in [3.05, 3.63) is 51.4 Å². The van der Waals surface area contributed by atoms with Gasteiger partial charge in [-0.05, 0) is 88.2 Å². The maximum Gasteiger partial charge on any atom is 0.254 e. The second kappa shape index (κ2) is 7.19. The summed E-state index contributed by atoms with van der Waals surface area (Å²) in [6.07, 6.45) is 10.4. The first-order chi connectivity index (χ1) is 15.0. The highest BCUT2D eigenvalue weighted by Crippen LogP contribution is 2.60. The molecule has 0 saturated heterocycles. The van der Waals surface area contributed by atoms with Crippen LogP contribution >= 0.6 is 11.3 Å². The molecule has 2 heterocycles. The number of carbonyl (C=O) groups is 1. The third-order valence-corrected chi connectivity index (χ3v) is 9.45. The Hall–Kier alpha value is -2.14. The fourth-order valence-electron chi connectivity index (χ4n) is 7.09. The fourth-order valence-corrected chi connectivity index (χ4v) is 8.09. The molecule has 1 N–H and O–H groups in total. The van der Waals surface area contributed by atoms with Gasteiger partial charge in [-0.15, -0.1) is 11.3 Å². The number of aryl methyl sites for hydroxylation is 2. The summed E-state index contributed by atoms with van der Waals surface area (Å²) in [5, 5.41) is 1.29. The SMILES string of the molecule is Cc1sc(=NC(=O)C23CC4CC(CC(C4)C2)C3)n(CCc2c[nH]c3ccccc23)c1C. The van der Waals surface area contributed by atoms with Gasteiger partial charge in [0.25, 0.3) is 5.91 Å². The molecule has 7 rings (SSSR count). The summed E-state index contributed by atoms with van der Waals surface area (Å²) in [6.45, 7) is 5.16. The third-order valence-electron chi connectivity index (χ3n) is 8.36. The van der Waals surface area contributed by atoms with Crippen LogP contribution in [-0.4, -0.2) is 15.5 Å². The molecule has 1 aromatic carbocycles. The summed E-state index contributed by atoms with van der Waals surface area (Å²) < 4.78 is 2.28. The molecule has 2 aromatic heterocycles. The Morgan fingerprint density at radius 1 is 1.13 bits per heavy atom. The van der Waals surface area contributed by atoms with E-state index in [2.05, 4.69) is 53.9 Å². The number of carbonyl (C=O) groups excluding carboxylic acids is 1. The minimum absolute atomic E-state index is 0.158. The maximum atomic E-state index is 13.6. The maximum absolute atomic E-state index is 13.6. The van der Waals surface area contributed by atoms with Crippen molar-refractivity contribution in [3.8, 4) is 0 Å². The molecule has 0 spiro atoms. The van der Waals surface area contributed by atoms with Crippen LogP contribution in [0, 0.1) is 37.0 Å². The van der Waals surface area contributed by atoms with Gasteiger partial charge in [0.05, 0.1) is 5.41 Å². The van der Waals surface area contributed by atoms with Gasteiger partial charge in [-0.25, -0.2) is 0 Å². The van der Waals surface area contributed by atoms with Gasteiger partial charge >= 0.3 is 0 Å². The Morgan fingerprint density at radius 3 is 2.52 bits per heavy atom. The average molecular weight is 434 g/mol. The molecule has 0 radical (unpaired) electrons. The predicted octanol–water partition coefficient (Wildman–Crippen LogP) is 5.53. The number of hydrogen-bond donors (Lipinski definition) is 1. The van der Waals surface area contributed by atoms with E-state index in [1.807, 2.05) is 0 Å². The number of H-pyrrole nitrogens is 1. The molecule has 4 bridgehead atoms. The summed E-state index contributed by atoms with van der Waals surface area (Å²) in [4.78, 5) is 23.9. The van der Waals surface area contributed by atoms with Crippen LogP contribution in [0.1, 0.15) is 54.7 Å². The number of nitrogens with zero attached hydrogens (tertiary/aromatic N) is 2. The molecule has 4 nitrogen and oxygen atoms in total. The third kappa shape index (κ3) is 3.24. The van der Waals surface area contributed by atoms with Crippen LogP contribution in [0.5, 0.6) is 0 Å². The second-order valence-corrected chi connectivity index (χ2v) is 11.6. The Morgan fingerprint density at radius 2 is 1.81 bits per heavy atom. The van der Waals surface area contributed by atoms with Crippen LogP contribution in [0.2, 0.25) is 0 Å². The van der Waals surface area contributed by atoms with E-state index in [1.54, 1.807) is 11.3 Å². The zero-order valence-electron chi connectivity index (χ0n) is 18.5. The Bertz CT molecular complexity index is 1190.